The Morgan fingerprint density at radius 3 is 2.94 bits per heavy atom. The maximum absolute atomic E-state index is 12.2. The van der Waals surface area contributed by atoms with E-state index in [2.05, 4.69) is 5.32 Å². The molecular formula is C10H20N2O3S. The molecule has 0 aliphatic carbocycles. The van der Waals surface area contributed by atoms with Gasteiger partial charge in [0.05, 0.1) is 12.4 Å². The molecule has 1 unspecified atom stereocenters. The number of hydrogen-bond acceptors (Lipinski definition) is 4. The number of piperazine rings is 1. The number of nitrogens with zero attached hydrogens (tertiary/aromatic N) is 1. The Bertz CT molecular complexity index is 325. The van der Waals surface area contributed by atoms with Gasteiger partial charge in [0.25, 0.3) is 0 Å². The molecule has 94 valence electrons. The van der Waals surface area contributed by atoms with Crippen molar-refractivity contribution in [1.82, 2.24) is 9.62 Å². The molecular weight excluding hydrogens is 228 g/mol. The number of ether oxygens (including phenoxy) is 1. The van der Waals surface area contributed by atoms with E-state index in [1.807, 2.05) is 6.92 Å². The predicted molar refractivity (Wildman–Crippen MR) is 61.8 cm³/mol. The zero-order chi connectivity index (χ0) is 11.6. The van der Waals surface area contributed by atoms with E-state index in [0.29, 0.717) is 19.8 Å². The molecule has 6 heteroatoms. The Balaban J connectivity index is 1.99. The molecule has 1 N–H and O–H groups in total. The van der Waals surface area contributed by atoms with Crippen LogP contribution in [0.2, 0.25) is 0 Å². The Kier molecular flexibility index (Phi) is 3.84. The van der Waals surface area contributed by atoms with Crippen LogP contribution >= 0.6 is 0 Å². The number of nitrogens with one attached hydrogen (secondary N) is 1. The standard InChI is InChI=1S/C10H20N2O3S/c1-9-6-11-3-4-12(9)16(13,14)8-10-2-5-15-7-10/h9-11H,2-8H2,1H3/t9-,10?/m0/s1. The Hall–Kier alpha value is -0.170. The molecule has 0 aromatic rings. The fourth-order valence-electron chi connectivity index (χ4n) is 2.34. The van der Waals surface area contributed by atoms with Gasteiger partial charge < -0.3 is 10.1 Å². The second-order valence-electron chi connectivity index (χ2n) is 4.67. The van der Waals surface area contributed by atoms with Gasteiger partial charge in [-0.05, 0) is 19.3 Å². The first-order chi connectivity index (χ1) is 7.59. The first-order valence-electron chi connectivity index (χ1n) is 5.87. The van der Waals surface area contributed by atoms with Crippen LogP contribution in [-0.4, -0.2) is 57.4 Å². The minimum absolute atomic E-state index is 0.0704. The van der Waals surface area contributed by atoms with Crippen LogP contribution in [0, 0.1) is 5.92 Å². The lowest BCUT2D eigenvalue weighted by Crippen LogP contribution is -2.53. The van der Waals surface area contributed by atoms with Crippen molar-refractivity contribution in [3.63, 3.8) is 0 Å². The van der Waals surface area contributed by atoms with E-state index in [0.717, 1.165) is 19.5 Å². The van der Waals surface area contributed by atoms with Gasteiger partial charge in [-0.2, -0.15) is 4.31 Å². The molecule has 2 heterocycles. The van der Waals surface area contributed by atoms with Crippen molar-refractivity contribution in [2.75, 3.05) is 38.6 Å². The minimum atomic E-state index is -3.10. The molecule has 2 aliphatic rings. The minimum Gasteiger partial charge on any atom is -0.381 e. The maximum atomic E-state index is 12.2. The molecule has 5 nitrogen and oxygen atoms in total. The van der Waals surface area contributed by atoms with E-state index < -0.39 is 10.0 Å². The Morgan fingerprint density at radius 1 is 1.50 bits per heavy atom. The largest absolute Gasteiger partial charge is 0.381 e. The molecule has 2 aliphatic heterocycles. The summed E-state index contributed by atoms with van der Waals surface area (Å²) in [5.41, 5.74) is 0. The van der Waals surface area contributed by atoms with Crippen molar-refractivity contribution < 1.29 is 13.2 Å². The highest BCUT2D eigenvalue weighted by atomic mass is 32.2. The van der Waals surface area contributed by atoms with E-state index in [4.69, 9.17) is 4.74 Å². The molecule has 0 aromatic heterocycles. The highest BCUT2D eigenvalue weighted by molar-refractivity contribution is 7.89. The first-order valence-corrected chi connectivity index (χ1v) is 7.48. The molecule has 2 atom stereocenters. The van der Waals surface area contributed by atoms with E-state index in [1.54, 1.807) is 4.31 Å². The van der Waals surface area contributed by atoms with Crippen LogP contribution in [0.15, 0.2) is 0 Å². The first kappa shape index (κ1) is 12.3. The molecule has 0 saturated carbocycles. The Morgan fingerprint density at radius 2 is 2.31 bits per heavy atom. The van der Waals surface area contributed by atoms with Crippen LogP contribution in [0.1, 0.15) is 13.3 Å². The van der Waals surface area contributed by atoms with Gasteiger partial charge in [0.2, 0.25) is 10.0 Å². The SMILES string of the molecule is C[C@H]1CNCCN1S(=O)(=O)CC1CCOC1. The fourth-order valence-corrected chi connectivity index (χ4v) is 4.39. The van der Waals surface area contributed by atoms with Gasteiger partial charge in [-0.15, -0.1) is 0 Å². The maximum Gasteiger partial charge on any atom is 0.214 e. The van der Waals surface area contributed by atoms with Crippen molar-refractivity contribution in [3.8, 4) is 0 Å². The third-order valence-electron chi connectivity index (χ3n) is 3.27. The van der Waals surface area contributed by atoms with Gasteiger partial charge in [0.15, 0.2) is 0 Å². The van der Waals surface area contributed by atoms with E-state index in [9.17, 15) is 8.42 Å². The van der Waals surface area contributed by atoms with E-state index in [-0.39, 0.29) is 17.7 Å². The second-order valence-corrected chi connectivity index (χ2v) is 6.64. The normalized spacial score (nSPS) is 33.1. The third kappa shape index (κ3) is 2.74. The number of sulfonamides is 1. The molecule has 2 saturated heterocycles. The summed E-state index contributed by atoms with van der Waals surface area (Å²) in [5.74, 6) is 0.434. The second kappa shape index (κ2) is 5.00. The average Bonchev–Trinajstić information content (AvgIpc) is 2.70. The molecule has 2 fully saturated rings. The molecule has 2 rings (SSSR count). The summed E-state index contributed by atoms with van der Waals surface area (Å²) in [6.45, 7) is 5.36. The van der Waals surface area contributed by atoms with Crippen LogP contribution in [0.25, 0.3) is 0 Å². The van der Waals surface area contributed by atoms with Crippen LogP contribution < -0.4 is 5.32 Å². The number of hydrogen-bond donors (Lipinski definition) is 1. The van der Waals surface area contributed by atoms with E-state index >= 15 is 0 Å². The van der Waals surface area contributed by atoms with Gasteiger partial charge >= 0.3 is 0 Å². The smallest absolute Gasteiger partial charge is 0.214 e. The highest BCUT2D eigenvalue weighted by Crippen LogP contribution is 2.18. The van der Waals surface area contributed by atoms with Gasteiger partial charge in [0.1, 0.15) is 0 Å². The summed E-state index contributed by atoms with van der Waals surface area (Å²) in [6, 6.07) is 0.0704. The van der Waals surface area contributed by atoms with Crippen molar-refractivity contribution in [2.24, 2.45) is 5.92 Å². The van der Waals surface area contributed by atoms with Crippen molar-refractivity contribution in [1.29, 1.82) is 0 Å². The van der Waals surface area contributed by atoms with E-state index in [1.165, 1.54) is 0 Å². The van der Waals surface area contributed by atoms with Crippen molar-refractivity contribution >= 4 is 10.0 Å². The third-order valence-corrected chi connectivity index (χ3v) is 5.42. The molecule has 0 radical (unpaired) electrons. The predicted octanol–water partition coefficient (Wildman–Crippen LogP) is -0.354. The zero-order valence-electron chi connectivity index (χ0n) is 9.68. The van der Waals surface area contributed by atoms with Gasteiger partial charge in [-0.1, -0.05) is 0 Å². The van der Waals surface area contributed by atoms with Crippen LogP contribution in [0.4, 0.5) is 0 Å². The topological polar surface area (TPSA) is 58.6 Å². The van der Waals surface area contributed by atoms with Crippen molar-refractivity contribution in [2.45, 2.75) is 19.4 Å². The summed E-state index contributed by atoms with van der Waals surface area (Å²) in [6.07, 6.45) is 0.875. The highest BCUT2D eigenvalue weighted by Gasteiger charge is 2.32. The summed E-state index contributed by atoms with van der Waals surface area (Å²) in [4.78, 5) is 0. The zero-order valence-corrected chi connectivity index (χ0v) is 10.5. The monoisotopic (exact) mass is 248 g/mol. The summed E-state index contributed by atoms with van der Waals surface area (Å²) in [5, 5.41) is 3.20. The molecule has 0 spiro atoms. The summed E-state index contributed by atoms with van der Waals surface area (Å²) in [7, 11) is -3.10. The summed E-state index contributed by atoms with van der Waals surface area (Å²) >= 11 is 0. The molecule has 0 aromatic carbocycles. The molecule has 16 heavy (non-hydrogen) atoms. The lowest BCUT2D eigenvalue weighted by Gasteiger charge is -2.33. The summed E-state index contributed by atoms with van der Waals surface area (Å²) < 4.78 is 31.3. The quantitative estimate of drug-likeness (QED) is 0.741. The fraction of sp³-hybridized carbons (Fsp3) is 1.00. The average molecular weight is 248 g/mol. The Labute approximate surface area is 97.2 Å². The van der Waals surface area contributed by atoms with Crippen LogP contribution in [-0.2, 0) is 14.8 Å². The number of rotatable bonds is 3. The van der Waals surface area contributed by atoms with Crippen LogP contribution in [0.5, 0.6) is 0 Å². The molecule has 0 amide bonds. The van der Waals surface area contributed by atoms with Gasteiger partial charge in [0, 0.05) is 32.3 Å². The van der Waals surface area contributed by atoms with Crippen molar-refractivity contribution in [3.05, 3.63) is 0 Å². The van der Waals surface area contributed by atoms with Gasteiger partial charge in [-0.3, -0.25) is 0 Å². The lowest BCUT2D eigenvalue weighted by molar-refractivity contribution is 0.188. The van der Waals surface area contributed by atoms with Gasteiger partial charge in [-0.25, -0.2) is 8.42 Å². The molecule has 0 bridgehead atoms. The lowest BCUT2D eigenvalue weighted by atomic mass is 10.2. The van der Waals surface area contributed by atoms with Crippen LogP contribution in [0.3, 0.4) is 0 Å².